The predicted octanol–water partition coefficient (Wildman–Crippen LogP) is 5.37. The lowest BCUT2D eigenvalue weighted by atomic mass is 9.91. The molecule has 142 valence electrons. The molecule has 0 radical (unpaired) electrons. The van der Waals surface area contributed by atoms with Crippen LogP contribution in [0.2, 0.25) is 0 Å². The van der Waals surface area contributed by atoms with Gasteiger partial charge in [-0.1, -0.05) is 36.4 Å². The number of halogens is 7. The van der Waals surface area contributed by atoms with Gasteiger partial charge in [0.2, 0.25) is 0 Å². The molecule has 0 heterocycles. The quantitative estimate of drug-likeness (QED) is 0.648. The third-order valence-electron chi connectivity index (χ3n) is 3.71. The van der Waals surface area contributed by atoms with E-state index in [4.69, 9.17) is 4.74 Å². The van der Waals surface area contributed by atoms with E-state index in [1.807, 2.05) is 0 Å². The largest absolute Gasteiger partial charge is 0.496 e. The Labute approximate surface area is 144 Å². The first kappa shape index (κ1) is 20.0. The summed E-state index contributed by atoms with van der Waals surface area (Å²) in [7, 11) is 1.11. The first-order valence-electron chi connectivity index (χ1n) is 7.19. The fourth-order valence-electron chi connectivity index (χ4n) is 2.46. The molecule has 0 N–H and O–H groups in total. The predicted molar refractivity (Wildman–Crippen MR) is 78.0 cm³/mol. The molecule has 0 fully saturated rings. The summed E-state index contributed by atoms with van der Waals surface area (Å²) < 4.78 is 104. The topological polar surface area (TPSA) is 18.5 Å². The molecule has 0 aliphatic heterocycles. The maximum Gasteiger partial charge on any atom is 0.430 e. The van der Waals surface area contributed by atoms with E-state index in [-0.39, 0.29) is 5.75 Å². The molecule has 2 rings (SSSR count). The van der Waals surface area contributed by atoms with E-state index >= 15 is 0 Å². The Balaban J connectivity index is 2.57. The lowest BCUT2D eigenvalue weighted by molar-refractivity contribution is -0.392. The van der Waals surface area contributed by atoms with Crippen LogP contribution in [0.3, 0.4) is 0 Å². The van der Waals surface area contributed by atoms with Crippen LogP contribution in [-0.2, 0) is 16.9 Å². The molecule has 2 aromatic rings. The van der Waals surface area contributed by atoms with E-state index in [1.54, 1.807) is 0 Å². The van der Waals surface area contributed by atoms with Gasteiger partial charge in [-0.15, -0.1) is 0 Å². The maximum atomic E-state index is 13.9. The molecule has 9 heteroatoms. The molecule has 2 aromatic carbocycles. The van der Waals surface area contributed by atoms with Crippen molar-refractivity contribution in [2.45, 2.75) is 24.6 Å². The summed E-state index contributed by atoms with van der Waals surface area (Å²) in [6.07, 6.45) is -11.7. The Morgan fingerprint density at radius 1 is 0.808 bits per heavy atom. The molecule has 26 heavy (non-hydrogen) atoms. The third kappa shape index (κ3) is 3.48. The number of hydrogen-bond donors (Lipinski definition) is 0. The van der Waals surface area contributed by atoms with Crippen LogP contribution >= 0.6 is 0 Å². The van der Waals surface area contributed by atoms with Gasteiger partial charge < -0.3 is 9.47 Å². The zero-order valence-corrected chi connectivity index (χ0v) is 13.3. The molecule has 0 atom stereocenters. The first-order chi connectivity index (χ1) is 12.0. The molecule has 0 bridgehead atoms. The van der Waals surface area contributed by atoms with Gasteiger partial charge in [-0.05, 0) is 12.1 Å². The third-order valence-corrected chi connectivity index (χ3v) is 3.71. The molecule has 0 aliphatic carbocycles. The summed E-state index contributed by atoms with van der Waals surface area (Å²) in [5, 5.41) is 0. The second kappa shape index (κ2) is 7.14. The minimum atomic E-state index is -5.84. The fraction of sp³-hybridized carbons (Fsp3) is 0.294. The van der Waals surface area contributed by atoms with Crippen molar-refractivity contribution >= 4 is 0 Å². The summed E-state index contributed by atoms with van der Waals surface area (Å²) in [6.45, 7) is -1.30. The van der Waals surface area contributed by atoms with E-state index < -0.39 is 41.5 Å². The minimum absolute atomic E-state index is 0.226. The van der Waals surface area contributed by atoms with Gasteiger partial charge in [-0.2, -0.15) is 26.3 Å². The number of methoxy groups -OCH3 is 1. The van der Waals surface area contributed by atoms with Gasteiger partial charge in [-0.25, -0.2) is 4.39 Å². The minimum Gasteiger partial charge on any atom is -0.496 e. The highest BCUT2D eigenvalue weighted by Gasteiger charge is 2.73. The van der Waals surface area contributed by atoms with Gasteiger partial charge in [0.15, 0.2) is 0 Å². The Morgan fingerprint density at radius 2 is 1.38 bits per heavy atom. The van der Waals surface area contributed by atoms with E-state index in [0.717, 1.165) is 25.3 Å². The summed E-state index contributed by atoms with van der Waals surface area (Å²) >= 11 is 0. The number of rotatable bonds is 5. The Bertz CT molecular complexity index is 725. The second-order valence-corrected chi connectivity index (χ2v) is 5.25. The lowest BCUT2D eigenvalue weighted by Crippen LogP contribution is -2.55. The van der Waals surface area contributed by atoms with Crippen LogP contribution in [0.4, 0.5) is 30.7 Å². The maximum absolute atomic E-state index is 13.9. The van der Waals surface area contributed by atoms with Crippen molar-refractivity contribution in [2.24, 2.45) is 0 Å². The van der Waals surface area contributed by atoms with Crippen molar-refractivity contribution in [1.82, 2.24) is 0 Å². The SMILES string of the molecule is COc1cccc(F)c1COC(c1ccccc1)(C(F)(F)F)C(F)(F)F. The Morgan fingerprint density at radius 3 is 1.88 bits per heavy atom. The van der Waals surface area contributed by atoms with E-state index in [0.29, 0.717) is 12.1 Å². The molecule has 0 aromatic heterocycles. The second-order valence-electron chi connectivity index (χ2n) is 5.25. The highest BCUT2D eigenvalue weighted by Crippen LogP contribution is 2.53. The normalized spacial score (nSPS) is 12.9. The molecule has 0 spiro atoms. The van der Waals surface area contributed by atoms with Crippen LogP contribution < -0.4 is 4.74 Å². The van der Waals surface area contributed by atoms with Crippen LogP contribution in [0.25, 0.3) is 0 Å². The molecule has 0 amide bonds. The van der Waals surface area contributed by atoms with E-state index in [2.05, 4.69) is 4.74 Å². The Kier molecular flexibility index (Phi) is 5.50. The highest BCUT2D eigenvalue weighted by atomic mass is 19.4. The number of benzene rings is 2. The summed E-state index contributed by atoms with van der Waals surface area (Å²) in [5.74, 6) is -1.27. The smallest absolute Gasteiger partial charge is 0.430 e. The van der Waals surface area contributed by atoms with Crippen molar-refractivity contribution in [3.05, 3.63) is 65.5 Å². The number of ether oxygens (including phenoxy) is 2. The van der Waals surface area contributed by atoms with Crippen LogP contribution in [-0.4, -0.2) is 19.5 Å². The van der Waals surface area contributed by atoms with E-state index in [1.165, 1.54) is 18.2 Å². The van der Waals surface area contributed by atoms with Crippen molar-refractivity contribution in [2.75, 3.05) is 7.11 Å². The monoisotopic (exact) mass is 382 g/mol. The molecular formula is C17H13F7O2. The summed E-state index contributed by atoms with van der Waals surface area (Å²) in [4.78, 5) is 0. The average Bonchev–Trinajstić information content (AvgIpc) is 2.55. The fourth-order valence-corrected chi connectivity index (χ4v) is 2.46. The number of alkyl halides is 6. The molecule has 0 aliphatic rings. The van der Waals surface area contributed by atoms with Gasteiger partial charge in [0.1, 0.15) is 11.6 Å². The van der Waals surface area contributed by atoms with Crippen molar-refractivity contribution < 1.29 is 40.2 Å². The van der Waals surface area contributed by atoms with Gasteiger partial charge >= 0.3 is 12.4 Å². The lowest BCUT2D eigenvalue weighted by Gasteiger charge is -2.37. The Hall–Kier alpha value is -2.29. The van der Waals surface area contributed by atoms with Gasteiger partial charge in [0, 0.05) is 5.56 Å². The zero-order chi connectivity index (χ0) is 19.6. The van der Waals surface area contributed by atoms with Crippen LogP contribution in [0.15, 0.2) is 48.5 Å². The molecular weight excluding hydrogens is 369 g/mol. The van der Waals surface area contributed by atoms with Crippen molar-refractivity contribution in [3.63, 3.8) is 0 Å². The first-order valence-corrected chi connectivity index (χ1v) is 7.19. The van der Waals surface area contributed by atoms with Crippen molar-refractivity contribution in [1.29, 1.82) is 0 Å². The number of hydrogen-bond acceptors (Lipinski definition) is 2. The summed E-state index contributed by atoms with van der Waals surface area (Å²) in [6, 6.07) is 7.90. The summed E-state index contributed by atoms with van der Waals surface area (Å²) in [5.41, 5.74) is -6.33. The standard InChI is InChI=1S/C17H13F7O2/c1-25-14-9-5-8-13(18)12(14)10-26-15(16(19,20)21,17(22,23)24)11-6-3-2-4-7-11/h2-9H,10H2,1H3. The van der Waals surface area contributed by atoms with Gasteiger partial charge in [0.25, 0.3) is 5.60 Å². The highest BCUT2D eigenvalue weighted by molar-refractivity contribution is 5.34. The van der Waals surface area contributed by atoms with E-state index in [9.17, 15) is 30.7 Å². The van der Waals surface area contributed by atoms with Crippen LogP contribution in [0, 0.1) is 5.82 Å². The molecule has 0 saturated heterocycles. The van der Waals surface area contributed by atoms with Crippen LogP contribution in [0.1, 0.15) is 11.1 Å². The molecule has 2 nitrogen and oxygen atoms in total. The average molecular weight is 382 g/mol. The van der Waals surface area contributed by atoms with Crippen molar-refractivity contribution in [3.8, 4) is 5.75 Å². The molecule has 0 saturated carbocycles. The zero-order valence-electron chi connectivity index (χ0n) is 13.3. The molecule has 0 unspecified atom stereocenters. The van der Waals surface area contributed by atoms with Gasteiger partial charge in [0.05, 0.1) is 19.3 Å². The van der Waals surface area contributed by atoms with Crippen LogP contribution in [0.5, 0.6) is 5.75 Å². The van der Waals surface area contributed by atoms with Gasteiger partial charge in [-0.3, -0.25) is 0 Å².